The second-order valence-electron chi connectivity index (χ2n) is 6.01. The van der Waals surface area contributed by atoms with Gasteiger partial charge in [0.05, 0.1) is 0 Å². The largest absolute Gasteiger partial charge is 0.406 e. The van der Waals surface area contributed by atoms with E-state index in [0.717, 1.165) is 4.90 Å². The van der Waals surface area contributed by atoms with Crippen molar-refractivity contribution in [3.8, 4) is 0 Å². The van der Waals surface area contributed by atoms with Crippen LogP contribution in [0.25, 0.3) is 0 Å². The van der Waals surface area contributed by atoms with Crippen molar-refractivity contribution in [2.75, 3.05) is 26.2 Å². The number of nitrogens with one attached hydrogen (secondary N) is 1. The molecule has 0 aromatic carbocycles. The summed E-state index contributed by atoms with van der Waals surface area (Å²) in [7, 11) is 0. The third-order valence-electron chi connectivity index (χ3n) is 3.47. The maximum atomic E-state index is 12.6. The van der Waals surface area contributed by atoms with E-state index >= 15 is 0 Å². The standard InChI is InChI=1S/C13H23F3N2O/c1-10(2)8-18(9-13(14,15)16)11(19)12(3)4-6-17-7-5-12/h10,17H,4-9H2,1-3H3. The van der Waals surface area contributed by atoms with Gasteiger partial charge in [0.1, 0.15) is 6.54 Å². The van der Waals surface area contributed by atoms with Gasteiger partial charge in [0.25, 0.3) is 0 Å². The van der Waals surface area contributed by atoms with Gasteiger partial charge in [-0.3, -0.25) is 4.79 Å². The maximum absolute atomic E-state index is 12.6. The van der Waals surface area contributed by atoms with Gasteiger partial charge in [0.2, 0.25) is 5.91 Å². The van der Waals surface area contributed by atoms with Gasteiger partial charge < -0.3 is 10.2 Å². The molecule has 0 spiro atoms. The highest BCUT2D eigenvalue weighted by atomic mass is 19.4. The molecule has 0 aromatic rings. The Morgan fingerprint density at radius 3 is 2.26 bits per heavy atom. The second-order valence-corrected chi connectivity index (χ2v) is 6.01. The van der Waals surface area contributed by atoms with Gasteiger partial charge in [-0.1, -0.05) is 20.8 Å². The molecule has 1 N–H and O–H groups in total. The Hall–Kier alpha value is -0.780. The molecule has 3 nitrogen and oxygen atoms in total. The molecule has 0 radical (unpaired) electrons. The molecule has 1 rings (SSSR count). The van der Waals surface area contributed by atoms with E-state index in [2.05, 4.69) is 5.32 Å². The van der Waals surface area contributed by atoms with Crippen LogP contribution in [0.3, 0.4) is 0 Å². The molecule has 6 heteroatoms. The Morgan fingerprint density at radius 1 is 1.32 bits per heavy atom. The van der Waals surface area contributed by atoms with Crippen LogP contribution in [0, 0.1) is 11.3 Å². The number of alkyl halides is 3. The number of rotatable bonds is 4. The minimum Gasteiger partial charge on any atom is -0.333 e. The third-order valence-corrected chi connectivity index (χ3v) is 3.47. The molecule has 1 saturated heterocycles. The van der Waals surface area contributed by atoms with Gasteiger partial charge in [-0.15, -0.1) is 0 Å². The summed E-state index contributed by atoms with van der Waals surface area (Å²) in [5.74, 6) is -0.336. The van der Waals surface area contributed by atoms with E-state index in [1.165, 1.54) is 0 Å². The predicted molar refractivity (Wildman–Crippen MR) is 67.7 cm³/mol. The first-order valence-corrected chi connectivity index (χ1v) is 6.71. The summed E-state index contributed by atoms with van der Waals surface area (Å²) >= 11 is 0. The van der Waals surface area contributed by atoms with E-state index in [0.29, 0.717) is 25.9 Å². The highest BCUT2D eigenvalue weighted by molar-refractivity contribution is 5.82. The zero-order valence-electron chi connectivity index (χ0n) is 11.8. The topological polar surface area (TPSA) is 32.3 Å². The molecule has 19 heavy (non-hydrogen) atoms. The Balaban J connectivity index is 2.80. The van der Waals surface area contributed by atoms with Crippen molar-refractivity contribution in [2.45, 2.75) is 39.8 Å². The molecule has 0 atom stereocenters. The molecule has 0 aromatic heterocycles. The van der Waals surface area contributed by atoms with Gasteiger partial charge in [-0.25, -0.2) is 0 Å². The number of carbonyl (C=O) groups is 1. The fraction of sp³-hybridized carbons (Fsp3) is 0.923. The van der Waals surface area contributed by atoms with Crippen molar-refractivity contribution in [1.29, 1.82) is 0 Å². The number of amides is 1. The van der Waals surface area contributed by atoms with Gasteiger partial charge >= 0.3 is 6.18 Å². The fourth-order valence-electron chi connectivity index (χ4n) is 2.45. The molecule has 1 amide bonds. The molecule has 112 valence electrons. The number of nitrogens with zero attached hydrogens (tertiary/aromatic N) is 1. The summed E-state index contributed by atoms with van der Waals surface area (Å²) in [5, 5.41) is 3.13. The van der Waals surface area contributed by atoms with E-state index in [4.69, 9.17) is 0 Å². The minimum absolute atomic E-state index is 0.0246. The van der Waals surface area contributed by atoms with E-state index in [-0.39, 0.29) is 18.4 Å². The third kappa shape index (κ3) is 5.01. The molecule has 1 aliphatic heterocycles. The smallest absolute Gasteiger partial charge is 0.333 e. The average Bonchev–Trinajstić information content (AvgIpc) is 2.25. The maximum Gasteiger partial charge on any atom is 0.406 e. The van der Waals surface area contributed by atoms with Crippen molar-refractivity contribution in [2.24, 2.45) is 11.3 Å². The monoisotopic (exact) mass is 280 g/mol. The lowest BCUT2D eigenvalue weighted by molar-refractivity contribution is -0.169. The Labute approximate surface area is 112 Å². The molecule has 1 aliphatic rings. The van der Waals surface area contributed by atoms with Gasteiger partial charge in [0.15, 0.2) is 0 Å². The number of piperidine rings is 1. The Bertz CT molecular complexity index is 310. The van der Waals surface area contributed by atoms with Crippen LogP contribution >= 0.6 is 0 Å². The van der Waals surface area contributed by atoms with Crippen LogP contribution in [-0.4, -0.2) is 43.2 Å². The predicted octanol–water partition coefficient (Wildman–Crippen LogP) is 2.42. The van der Waals surface area contributed by atoms with Gasteiger partial charge in [0, 0.05) is 12.0 Å². The van der Waals surface area contributed by atoms with E-state index < -0.39 is 18.1 Å². The second kappa shape index (κ2) is 6.11. The van der Waals surface area contributed by atoms with Crippen LogP contribution in [0.4, 0.5) is 13.2 Å². The highest BCUT2D eigenvalue weighted by Gasteiger charge is 2.41. The molecule has 0 aliphatic carbocycles. The summed E-state index contributed by atoms with van der Waals surface area (Å²) in [6, 6.07) is 0. The fourth-order valence-corrected chi connectivity index (χ4v) is 2.45. The molecule has 0 unspecified atom stereocenters. The summed E-state index contributed by atoms with van der Waals surface area (Å²) in [5.41, 5.74) is -0.661. The first-order valence-electron chi connectivity index (χ1n) is 6.71. The molecule has 1 heterocycles. The highest BCUT2D eigenvalue weighted by Crippen LogP contribution is 2.32. The zero-order valence-corrected chi connectivity index (χ0v) is 11.8. The number of halogens is 3. The molecular formula is C13H23F3N2O. The molecule has 0 saturated carbocycles. The molecule has 1 fully saturated rings. The lowest BCUT2D eigenvalue weighted by Gasteiger charge is -2.38. The van der Waals surface area contributed by atoms with Crippen LogP contribution in [0.5, 0.6) is 0 Å². The van der Waals surface area contributed by atoms with Crippen molar-refractivity contribution in [3.63, 3.8) is 0 Å². The number of hydrogen-bond donors (Lipinski definition) is 1. The first-order chi connectivity index (χ1) is 8.64. The zero-order chi connectivity index (χ0) is 14.7. The van der Waals surface area contributed by atoms with Crippen LogP contribution in [0.1, 0.15) is 33.6 Å². The Morgan fingerprint density at radius 2 is 1.84 bits per heavy atom. The molecule has 0 bridgehead atoms. The number of carbonyl (C=O) groups excluding carboxylic acids is 1. The van der Waals surface area contributed by atoms with Crippen LogP contribution < -0.4 is 5.32 Å². The summed E-state index contributed by atoms with van der Waals surface area (Å²) in [4.78, 5) is 13.4. The summed E-state index contributed by atoms with van der Waals surface area (Å²) in [6.45, 7) is 5.80. The van der Waals surface area contributed by atoms with Gasteiger partial charge in [-0.2, -0.15) is 13.2 Å². The van der Waals surface area contributed by atoms with Crippen molar-refractivity contribution in [1.82, 2.24) is 10.2 Å². The van der Waals surface area contributed by atoms with Gasteiger partial charge in [-0.05, 0) is 31.8 Å². The quantitative estimate of drug-likeness (QED) is 0.857. The number of hydrogen-bond acceptors (Lipinski definition) is 2. The van der Waals surface area contributed by atoms with E-state index in [1.54, 1.807) is 6.92 Å². The van der Waals surface area contributed by atoms with E-state index in [1.807, 2.05) is 13.8 Å². The summed E-state index contributed by atoms with van der Waals surface area (Å²) in [6.07, 6.45) is -3.15. The Kier molecular flexibility index (Phi) is 5.24. The lowest BCUT2D eigenvalue weighted by atomic mass is 9.79. The van der Waals surface area contributed by atoms with Crippen LogP contribution in [-0.2, 0) is 4.79 Å². The summed E-state index contributed by atoms with van der Waals surface area (Å²) < 4.78 is 37.8. The lowest BCUT2D eigenvalue weighted by Crippen LogP contribution is -2.51. The first kappa shape index (κ1) is 16.3. The minimum atomic E-state index is -4.34. The normalized spacial score (nSPS) is 19.5. The molecular weight excluding hydrogens is 257 g/mol. The van der Waals surface area contributed by atoms with Crippen LogP contribution in [0.2, 0.25) is 0 Å². The van der Waals surface area contributed by atoms with E-state index in [9.17, 15) is 18.0 Å². The van der Waals surface area contributed by atoms with Crippen molar-refractivity contribution in [3.05, 3.63) is 0 Å². The van der Waals surface area contributed by atoms with Crippen molar-refractivity contribution >= 4 is 5.91 Å². The SMILES string of the molecule is CC(C)CN(CC(F)(F)F)C(=O)C1(C)CCNCC1. The average molecular weight is 280 g/mol. The van der Waals surface area contributed by atoms with Crippen molar-refractivity contribution < 1.29 is 18.0 Å². The van der Waals surface area contributed by atoms with Crippen LogP contribution in [0.15, 0.2) is 0 Å².